The quantitative estimate of drug-likeness (QED) is 0.464. The Morgan fingerprint density at radius 3 is 2.62 bits per heavy atom. The number of phenolic OH excluding ortho intramolecular Hbond substituents is 1. The van der Waals surface area contributed by atoms with Crippen molar-refractivity contribution in [3.63, 3.8) is 0 Å². The second-order valence-electron chi connectivity index (χ2n) is 9.49. The first-order valence-electron chi connectivity index (χ1n) is 11.5. The minimum atomic E-state index is -0.663. The predicted molar refractivity (Wildman–Crippen MR) is 127 cm³/mol. The molecule has 0 unspecified atom stereocenters. The van der Waals surface area contributed by atoms with Crippen molar-refractivity contribution < 1.29 is 14.3 Å². The van der Waals surface area contributed by atoms with Gasteiger partial charge in [0.2, 0.25) is 0 Å². The number of hydrogen-bond acceptors (Lipinski definition) is 6. The number of rotatable bonds is 2. The van der Waals surface area contributed by atoms with Crippen LogP contribution in [0.1, 0.15) is 32.1 Å². The smallest absolute Gasteiger partial charge is 0.347 e. The van der Waals surface area contributed by atoms with Crippen molar-refractivity contribution in [2.75, 3.05) is 18.0 Å². The Morgan fingerprint density at radius 2 is 1.85 bits per heavy atom. The Hall–Kier alpha value is -3.81. The second kappa shape index (κ2) is 7.62. The first-order chi connectivity index (χ1) is 16.4. The van der Waals surface area contributed by atoms with Crippen LogP contribution in [-0.2, 0) is 4.79 Å². The summed E-state index contributed by atoms with van der Waals surface area (Å²) < 4.78 is 15.8. The average molecular weight is 458 g/mol. The number of Topliss-reactive ketones (excluding diaryl/α,β-unsaturated/α-hetero) is 1. The lowest BCUT2D eigenvalue weighted by Gasteiger charge is -2.39. The van der Waals surface area contributed by atoms with Crippen molar-refractivity contribution in [1.29, 1.82) is 0 Å². The molecule has 2 aromatic carbocycles. The summed E-state index contributed by atoms with van der Waals surface area (Å²) in [6.45, 7) is 1.30. The molecule has 2 N–H and O–H groups in total. The number of aromatic amines is 1. The number of carbonyl (C=O) groups excluding carboxylic acids is 1. The zero-order valence-corrected chi connectivity index (χ0v) is 18.5. The molecule has 1 aliphatic carbocycles. The third kappa shape index (κ3) is 3.32. The van der Waals surface area contributed by atoms with Crippen LogP contribution in [0, 0.1) is 11.2 Å². The normalized spacial score (nSPS) is 17.8. The Bertz CT molecular complexity index is 1520. The third-order valence-electron chi connectivity index (χ3n) is 7.43. The average Bonchev–Trinajstić information content (AvgIpc) is 3.19. The molecule has 34 heavy (non-hydrogen) atoms. The number of fused-ring (bicyclic) bond motifs is 2. The fourth-order valence-electron chi connectivity index (χ4n) is 5.61. The van der Waals surface area contributed by atoms with Gasteiger partial charge < -0.3 is 15.0 Å². The summed E-state index contributed by atoms with van der Waals surface area (Å²) in [4.78, 5) is 37.4. The zero-order valence-electron chi connectivity index (χ0n) is 18.5. The van der Waals surface area contributed by atoms with Crippen molar-refractivity contribution in [3.8, 4) is 17.0 Å². The van der Waals surface area contributed by atoms with Crippen LogP contribution in [0.2, 0.25) is 0 Å². The number of aromatic nitrogens is 3. The van der Waals surface area contributed by atoms with Gasteiger partial charge in [-0.15, -0.1) is 0 Å². The topological polar surface area (TPSA) is 99.2 Å². The minimum Gasteiger partial charge on any atom is -0.508 e. The fourth-order valence-corrected chi connectivity index (χ4v) is 5.61. The molecule has 1 spiro atoms. The number of ketones is 1. The van der Waals surface area contributed by atoms with E-state index < -0.39 is 11.5 Å². The molecule has 0 atom stereocenters. The Balaban J connectivity index is 1.44. The van der Waals surface area contributed by atoms with Crippen LogP contribution in [0.25, 0.3) is 32.9 Å². The number of hydrogen-bond donors (Lipinski definition) is 2. The number of anilines is 1. The van der Waals surface area contributed by atoms with Crippen LogP contribution in [0.4, 0.5) is 10.2 Å². The molecule has 6 rings (SSSR count). The van der Waals surface area contributed by atoms with E-state index in [1.807, 2.05) is 29.2 Å². The molecular formula is C26H23FN4O3. The molecule has 0 radical (unpaired) electrons. The first-order valence-corrected chi connectivity index (χ1v) is 11.5. The van der Waals surface area contributed by atoms with Gasteiger partial charge in [-0.05, 0) is 47.6 Å². The van der Waals surface area contributed by atoms with Crippen LogP contribution >= 0.6 is 0 Å². The Kier molecular flexibility index (Phi) is 4.65. The number of nitrogens with one attached hydrogen (secondary N) is 1. The largest absolute Gasteiger partial charge is 0.508 e. The van der Waals surface area contributed by atoms with Crippen molar-refractivity contribution in [1.82, 2.24) is 15.0 Å². The van der Waals surface area contributed by atoms with E-state index in [2.05, 4.69) is 15.0 Å². The van der Waals surface area contributed by atoms with Crippen molar-refractivity contribution in [2.45, 2.75) is 32.1 Å². The summed E-state index contributed by atoms with van der Waals surface area (Å²) in [5.74, 6) is 0.0820. The molecule has 1 saturated heterocycles. The molecule has 0 bridgehead atoms. The predicted octanol–water partition coefficient (Wildman–Crippen LogP) is 4.32. The number of nitrogens with zero attached hydrogens (tertiary/aromatic N) is 3. The summed E-state index contributed by atoms with van der Waals surface area (Å²) in [6, 6.07) is 10.5. The summed E-state index contributed by atoms with van der Waals surface area (Å²) in [5.41, 5.74) is -0.0358. The molecular weight excluding hydrogens is 435 g/mol. The zero-order chi connectivity index (χ0) is 23.4. The SMILES string of the molecule is O=C1CCC2(CCN(c3nc(=O)[nH]c4c(F)c(-c5cc(O)cc6ccccc56)ncc34)CC2)C1. The highest BCUT2D eigenvalue weighted by Crippen LogP contribution is 2.45. The van der Waals surface area contributed by atoms with Gasteiger partial charge in [0.15, 0.2) is 5.82 Å². The summed E-state index contributed by atoms with van der Waals surface area (Å²) in [7, 11) is 0. The Labute approximate surface area is 194 Å². The van der Waals surface area contributed by atoms with E-state index in [0.717, 1.165) is 30.0 Å². The highest BCUT2D eigenvalue weighted by molar-refractivity contribution is 5.99. The molecule has 2 fully saturated rings. The van der Waals surface area contributed by atoms with Crippen LogP contribution in [-0.4, -0.2) is 38.9 Å². The van der Waals surface area contributed by atoms with Gasteiger partial charge in [0.1, 0.15) is 23.0 Å². The van der Waals surface area contributed by atoms with Gasteiger partial charge in [0.05, 0.1) is 10.9 Å². The van der Waals surface area contributed by atoms with Crippen LogP contribution < -0.4 is 10.6 Å². The van der Waals surface area contributed by atoms with Crippen LogP contribution in [0.5, 0.6) is 5.75 Å². The van der Waals surface area contributed by atoms with Gasteiger partial charge in [0, 0.05) is 37.7 Å². The molecule has 1 saturated carbocycles. The number of piperidine rings is 1. The number of carbonyl (C=O) groups is 1. The van der Waals surface area contributed by atoms with Crippen LogP contribution in [0.15, 0.2) is 47.4 Å². The number of pyridine rings is 1. The lowest BCUT2D eigenvalue weighted by atomic mass is 9.77. The monoisotopic (exact) mass is 458 g/mol. The number of H-pyrrole nitrogens is 1. The van der Waals surface area contributed by atoms with Gasteiger partial charge in [-0.2, -0.15) is 4.98 Å². The molecule has 2 aromatic heterocycles. The minimum absolute atomic E-state index is 0.00606. The van der Waals surface area contributed by atoms with Crippen molar-refractivity contribution in [3.05, 3.63) is 58.9 Å². The maximum Gasteiger partial charge on any atom is 0.347 e. The van der Waals surface area contributed by atoms with E-state index in [9.17, 15) is 14.7 Å². The highest BCUT2D eigenvalue weighted by Gasteiger charge is 2.41. The van der Waals surface area contributed by atoms with Gasteiger partial charge in [-0.3, -0.25) is 9.78 Å². The van der Waals surface area contributed by atoms with Gasteiger partial charge in [0.25, 0.3) is 0 Å². The molecule has 4 aromatic rings. The van der Waals surface area contributed by atoms with E-state index in [4.69, 9.17) is 0 Å². The summed E-state index contributed by atoms with van der Waals surface area (Å²) in [5, 5.41) is 12.1. The number of aromatic hydroxyl groups is 1. The highest BCUT2D eigenvalue weighted by atomic mass is 19.1. The number of halogens is 1. The lowest BCUT2D eigenvalue weighted by Crippen LogP contribution is -2.40. The molecule has 7 nitrogen and oxygen atoms in total. The summed E-state index contributed by atoms with van der Waals surface area (Å²) >= 11 is 0. The molecule has 8 heteroatoms. The van der Waals surface area contributed by atoms with E-state index in [-0.39, 0.29) is 22.4 Å². The molecule has 3 heterocycles. The van der Waals surface area contributed by atoms with E-state index in [0.29, 0.717) is 48.5 Å². The van der Waals surface area contributed by atoms with Gasteiger partial charge in [-0.25, -0.2) is 9.18 Å². The van der Waals surface area contributed by atoms with Gasteiger partial charge >= 0.3 is 5.69 Å². The van der Waals surface area contributed by atoms with Gasteiger partial charge in [-0.1, -0.05) is 24.3 Å². The molecule has 172 valence electrons. The van der Waals surface area contributed by atoms with E-state index in [1.54, 1.807) is 6.07 Å². The second-order valence-corrected chi connectivity index (χ2v) is 9.49. The Morgan fingerprint density at radius 1 is 1.06 bits per heavy atom. The van der Waals surface area contributed by atoms with Crippen molar-refractivity contribution >= 4 is 33.3 Å². The fraction of sp³-hybridized carbons (Fsp3) is 0.308. The maximum atomic E-state index is 15.8. The molecule has 1 aliphatic heterocycles. The third-order valence-corrected chi connectivity index (χ3v) is 7.43. The standard InChI is InChI=1S/C26H23FN4O3/c27-21-22(19-12-17(33)11-15-3-1-2-4-18(15)19)28-14-20-23(21)29-25(34)30-24(20)31-9-7-26(8-10-31)6-5-16(32)13-26/h1-4,11-12,14,33H,5-10,13H2,(H,29,30,34). The van der Waals surface area contributed by atoms with E-state index in [1.165, 1.54) is 12.3 Å². The number of phenols is 1. The lowest BCUT2D eigenvalue weighted by molar-refractivity contribution is -0.118. The molecule has 0 amide bonds. The van der Waals surface area contributed by atoms with E-state index >= 15 is 4.39 Å². The van der Waals surface area contributed by atoms with Crippen molar-refractivity contribution in [2.24, 2.45) is 5.41 Å². The number of benzene rings is 2. The molecule has 2 aliphatic rings. The van der Waals surface area contributed by atoms with Crippen LogP contribution in [0.3, 0.4) is 0 Å². The first kappa shape index (κ1) is 20.8. The maximum absolute atomic E-state index is 15.8. The summed E-state index contributed by atoms with van der Waals surface area (Å²) in [6.07, 6.45) is 5.42.